The van der Waals surface area contributed by atoms with Crippen LogP contribution in [0, 0.1) is 17.0 Å². The smallest absolute Gasteiger partial charge is 0.270 e. The van der Waals surface area contributed by atoms with Gasteiger partial charge in [0.1, 0.15) is 0 Å². The Bertz CT molecular complexity index is 1240. The van der Waals surface area contributed by atoms with Gasteiger partial charge in [-0.25, -0.2) is 4.98 Å². The van der Waals surface area contributed by atoms with Crippen LogP contribution in [0.2, 0.25) is 0 Å². The van der Waals surface area contributed by atoms with E-state index in [0.717, 1.165) is 27.2 Å². The summed E-state index contributed by atoms with van der Waals surface area (Å²) in [5.41, 5.74) is 2.39. The Kier molecular flexibility index (Phi) is 5.78. The maximum absolute atomic E-state index is 12.5. The fourth-order valence-electron chi connectivity index (χ4n) is 3.44. The van der Waals surface area contributed by atoms with Gasteiger partial charge in [-0.2, -0.15) is 0 Å². The van der Waals surface area contributed by atoms with Crippen molar-refractivity contribution < 1.29 is 19.3 Å². The number of rotatable bonds is 7. The van der Waals surface area contributed by atoms with Crippen LogP contribution in [0.15, 0.2) is 47.8 Å². The molecule has 10 heteroatoms. The monoisotopic (exact) mass is 450 g/mol. The second-order valence-electron chi connectivity index (χ2n) is 7.23. The molecule has 1 N–H and O–H groups in total. The maximum Gasteiger partial charge on any atom is 0.270 e. The van der Waals surface area contributed by atoms with Gasteiger partial charge in [0.25, 0.3) is 17.5 Å². The number of aryl methyl sites for hydroxylation is 1. The van der Waals surface area contributed by atoms with Gasteiger partial charge in [-0.15, -0.1) is 11.3 Å². The fraction of sp³-hybridized carbons (Fsp3) is 0.182. The highest BCUT2D eigenvalue weighted by molar-refractivity contribution is 7.09. The first-order valence-corrected chi connectivity index (χ1v) is 10.7. The van der Waals surface area contributed by atoms with Gasteiger partial charge in [0.05, 0.1) is 26.8 Å². The second kappa shape index (κ2) is 8.67. The number of hydrogen-bond donors (Lipinski definition) is 1. The zero-order valence-electron chi connectivity index (χ0n) is 17.0. The van der Waals surface area contributed by atoms with Gasteiger partial charge in [0, 0.05) is 41.7 Å². The molecule has 1 aromatic heterocycles. The van der Waals surface area contributed by atoms with Crippen LogP contribution in [-0.4, -0.2) is 39.1 Å². The first-order chi connectivity index (χ1) is 15.3. The number of anilines is 1. The Morgan fingerprint density at radius 2 is 1.84 bits per heavy atom. The highest BCUT2D eigenvalue weighted by Crippen LogP contribution is 2.27. The molecule has 0 radical (unpaired) electrons. The Hall–Kier alpha value is -3.92. The molecule has 1 aliphatic heterocycles. The van der Waals surface area contributed by atoms with Crippen LogP contribution >= 0.6 is 11.3 Å². The van der Waals surface area contributed by atoms with E-state index in [1.807, 2.05) is 24.4 Å². The molecule has 162 valence electrons. The summed E-state index contributed by atoms with van der Waals surface area (Å²) in [7, 11) is 0. The van der Waals surface area contributed by atoms with Gasteiger partial charge in [-0.05, 0) is 31.5 Å². The van der Waals surface area contributed by atoms with E-state index in [4.69, 9.17) is 0 Å². The molecular weight excluding hydrogens is 432 g/mol. The van der Waals surface area contributed by atoms with E-state index in [1.165, 1.54) is 12.1 Å². The topological polar surface area (TPSA) is 123 Å². The van der Waals surface area contributed by atoms with E-state index in [-0.39, 0.29) is 42.1 Å². The minimum atomic E-state index is -0.616. The van der Waals surface area contributed by atoms with Gasteiger partial charge >= 0.3 is 0 Å². The molecule has 0 aliphatic carbocycles. The van der Waals surface area contributed by atoms with Crippen LogP contribution in [0.4, 0.5) is 11.4 Å². The summed E-state index contributed by atoms with van der Waals surface area (Å²) in [6, 6.07) is 10.9. The van der Waals surface area contributed by atoms with Gasteiger partial charge in [0.15, 0.2) is 0 Å². The molecule has 1 aliphatic rings. The van der Waals surface area contributed by atoms with Crippen molar-refractivity contribution in [2.75, 3.05) is 11.9 Å². The second-order valence-corrected chi connectivity index (χ2v) is 8.29. The number of amides is 3. The Morgan fingerprint density at radius 1 is 1.12 bits per heavy atom. The number of nitro groups is 1. The molecule has 0 bridgehead atoms. The summed E-state index contributed by atoms with van der Waals surface area (Å²) in [6.07, 6.45) is 0.385. The van der Waals surface area contributed by atoms with Crippen LogP contribution in [0.3, 0.4) is 0 Å². The molecule has 4 rings (SSSR count). The van der Waals surface area contributed by atoms with Crippen LogP contribution in [0.1, 0.15) is 38.6 Å². The van der Waals surface area contributed by atoms with Crippen LogP contribution in [0.5, 0.6) is 0 Å². The Morgan fingerprint density at radius 3 is 2.50 bits per heavy atom. The van der Waals surface area contributed by atoms with Crippen molar-refractivity contribution >= 4 is 40.4 Å². The predicted octanol–water partition coefficient (Wildman–Crippen LogP) is 4.04. The molecule has 0 spiro atoms. The standard InChI is InChI=1S/C22H18N4O5S/c1-13-23-19(12-32-13)14-4-6-15(7-5-14)24-20(27)3-2-10-25-21(28)17-9-8-16(26(30)31)11-18(17)22(25)29/h4-9,11-12H,2-3,10H2,1H3,(H,24,27). The van der Waals surface area contributed by atoms with Crippen molar-refractivity contribution in [2.24, 2.45) is 0 Å². The van der Waals surface area contributed by atoms with Gasteiger partial charge in [0.2, 0.25) is 5.91 Å². The van der Waals surface area contributed by atoms with E-state index >= 15 is 0 Å². The molecule has 2 heterocycles. The summed E-state index contributed by atoms with van der Waals surface area (Å²) in [6.45, 7) is 1.99. The zero-order valence-corrected chi connectivity index (χ0v) is 17.8. The first kappa shape index (κ1) is 21.3. The van der Waals surface area contributed by atoms with Gasteiger partial charge in [-0.3, -0.25) is 29.4 Å². The fourth-order valence-corrected chi connectivity index (χ4v) is 4.06. The quantitative estimate of drug-likeness (QED) is 0.329. The number of non-ortho nitro benzene ring substituents is 1. The number of nitro benzene ring substituents is 1. The third-order valence-electron chi connectivity index (χ3n) is 5.03. The number of benzene rings is 2. The van der Waals surface area contributed by atoms with Crippen molar-refractivity contribution in [3.05, 3.63) is 74.1 Å². The van der Waals surface area contributed by atoms with Crippen molar-refractivity contribution in [2.45, 2.75) is 19.8 Å². The van der Waals surface area contributed by atoms with Gasteiger partial charge < -0.3 is 5.32 Å². The number of hydrogen-bond acceptors (Lipinski definition) is 7. The molecule has 9 nitrogen and oxygen atoms in total. The number of carbonyl (C=O) groups is 3. The van der Waals surface area contributed by atoms with Crippen LogP contribution in [0.25, 0.3) is 11.3 Å². The molecule has 0 unspecified atom stereocenters. The largest absolute Gasteiger partial charge is 0.326 e. The lowest BCUT2D eigenvalue weighted by atomic mass is 10.1. The summed E-state index contributed by atoms with van der Waals surface area (Å²) in [4.78, 5) is 52.9. The highest BCUT2D eigenvalue weighted by Gasteiger charge is 2.36. The lowest BCUT2D eigenvalue weighted by Crippen LogP contribution is -2.31. The van der Waals surface area contributed by atoms with Crippen molar-refractivity contribution in [3.8, 4) is 11.3 Å². The minimum absolute atomic E-state index is 0.0176. The third kappa shape index (κ3) is 4.26. The molecule has 3 amide bonds. The number of nitrogens with zero attached hydrogens (tertiary/aromatic N) is 3. The predicted molar refractivity (Wildman–Crippen MR) is 119 cm³/mol. The normalized spacial score (nSPS) is 12.7. The maximum atomic E-state index is 12.5. The summed E-state index contributed by atoms with van der Waals surface area (Å²) < 4.78 is 0. The summed E-state index contributed by atoms with van der Waals surface area (Å²) >= 11 is 1.57. The lowest BCUT2D eigenvalue weighted by Gasteiger charge is -2.13. The number of carbonyl (C=O) groups excluding carboxylic acids is 3. The molecular formula is C22H18N4O5S. The number of imide groups is 1. The van der Waals surface area contributed by atoms with Gasteiger partial charge in [-0.1, -0.05) is 12.1 Å². The average Bonchev–Trinajstić information content (AvgIpc) is 3.31. The summed E-state index contributed by atoms with van der Waals surface area (Å²) in [5.74, 6) is -1.33. The first-order valence-electron chi connectivity index (χ1n) is 9.80. The molecule has 32 heavy (non-hydrogen) atoms. The van der Waals surface area contributed by atoms with E-state index < -0.39 is 16.7 Å². The highest BCUT2D eigenvalue weighted by atomic mass is 32.1. The molecule has 2 aromatic carbocycles. The van der Waals surface area contributed by atoms with Crippen LogP contribution in [-0.2, 0) is 4.79 Å². The van der Waals surface area contributed by atoms with E-state index in [1.54, 1.807) is 23.5 Å². The third-order valence-corrected chi connectivity index (χ3v) is 5.81. The number of nitrogens with one attached hydrogen (secondary N) is 1. The lowest BCUT2D eigenvalue weighted by molar-refractivity contribution is -0.384. The Balaban J connectivity index is 1.31. The molecule has 0 fully saturated rings. The van der Waals surface area contributed by atoms with Crippen LogP contribution < -0.4 is 5.32 Å². The summed E-state index contributed by atoms with van der Waals surface area (Å²) in [5, 5.41) is 16.7. The van der Waals surface area contributed by atoms with E-state index in [0.29, 0.717) is 5.69 Å². The number of fused-ring (bicyclic) bond motifs is 1. The number of aromatic nitrogens is 1. The molecule has 0 saturated carbocycles. The van der Waals surface area contributed by atoms with Crippen molar-refractivity contribution in [3.63, 3.8) is 0 Å². The SMILES string of the molecule is Cc1nc(-c2ccc(NC(=O)CCCN3C(=O)c4ccc([N+](=O)[O-])cc4C3=O)cc2)cs1. The van der Waals surface area contributed by atoms with E-state index in [2.05, 4.69) is 10.3 Å². The molecule has 3 aromatic rings. The van der Waals surface area contributed by atoms with E-state index in [9.17, 15) is 24.5 Å². The minimum Gasteiger partial charge on any atom is -0.326 e. The average molecular weight is 450 g/mol. The van der Waals surface area contributed by atoms with Crippen molar-refractivity contribution in [1.82, 2.24) is 9.88 Å². The number of thiazole rings is 1. The molecule has 0 atom stereocenters. The Labute approximate surface area is 186 Å². The zero-order chi connectivity index (χ0) is 22.8. The molecule has 0 saturated heterocycles. The van der Waals surface area contributed by atoms with Crippen molar-refractivity contribution in [1.29, 1.82) is 0 Å².